The predicted molar refractivity (Wildman–Crippen MR) is 101 cm³/mol. The Labute approximate surface area is 157 Å². The minimum atomic E-state index is 0.0711. The van der Waals surface area contributed by atoms with Crippen molar-refractivity contribution in [2.75, 3.05) is 32.1 Å². The quantitative estimate of drug-likeness (QED) is 0.704. The second-order valence-corrected chi connectivity index (χ2v) is 6.97. The molecule has 7 heteroatoms. The Morgan fingerprint density at radius 1 is 1.19 bits per heavy atom. The number of hydrogen-bond donors (Lipinski definition) is 0. The summed E-state index contributed by atoms with van der Waals surface area (Å²) in [6, 6.07) is 9.52. The maximum Gasteiger partial charge on any atom is 0.253 e. The number of furan rings is 1. The number of carbonyl (C=O) groups excluding carboxylic acids is 1. The van der Waals surface area contributed by atoms with Gasteiger partial charge in [-0.3, -0.25) is 4.79 Å². The maximum absolute atomic E-state index is 12.8. The van der Waals surface area contributed by atoms with Crippen LogP contribution in [-0.2, 0) is 0 Å². The topological polar surface area (TPSA) is 75.6 Å². The first-order valence-corrected chi connectivity index (χ1v) is 9.04. The number of carbonyl (C=O) groups is 1. The molecule has 0 atom stereocenters. The molecule has 1 aliphatic rings. The summed E-state index contributed by atoms with van der Waals surface area (Å²) in [4.78, 5) is 16.7. The van der Waals surface area contributed by atoms with Crippen LogP contribution in [0.2, 0.25) is 0 Å². The van der Waals surface area contributed by atoms with Crippen LogP contribution in [0.25, 0.3) is 11.5 Å². The molecule has 1 aromatic carbocycles. The van der Waals surface area contributed by atoms with Gasteiger partial charge in [-0.2, -0.15) is 0 Å². The van der Waals surface area contributed by atoms with E-state index in [1.165, 1.54) is 0 Å². The number of rotatable bonds is 4. The number of aromatic nitrogens is 2. The van der Waals surface area contributed by atoms with Crippen molar-refractivity contribution < 1.29 is 13.6 Å². The predicted octanol–water partition coefficient (Wildman–Crippen LogP) is 3.42. The van der Waals surface area contributed by atoms with Gasteiger partial charge in [0, 0.05) is 44.4 Å². The third-order valence-corrected chi connectivity index (χ3v) is 4.95. The van der Waals surface area contributed by atoms with Gasteiger partial charge in [0.05, 0.1) is 11.8 Å². The van der Waals surface area contributed by atoms with Crippen molar-refractivity contribution in [3.8, 4) is 11.5 Å². The molecular formula is C20H22N4O3. The van der Waals surface area contributed by atoms with Gasteiger partial charge in [-0.1, -0.05) is 6.07 Å². The fourth-order valence-electron chi connectivity index (χ4n) is 3.33. The Morgan fingerprint density at radius 2 is 2.00 bits per heavy atom. The summed E-state index contributed by atoms with van der Waals surface area (Å²) in [5, 5.41) is 8.29. The first-order chi connectivity index (χ1) is 13.1. The van der Waals surface area contributed by atoms with Gasteiger partial charge in [-0.15, -0.1) is 10.2 Å². The molecule has 0 spiro atoms. The Bertz CT molecular complexity index is 909. The van der Waals surface area contributed by atoms with Crippen molar-refractivity contribution >= 4 is 11.6 Å². The molecule has 1 aliphatic heterocycles. The average Bonchev–Trinajstić information content (AvgIpc) is 3.39. The fourth-order valence-corrected chi connectivity index (χ4v) is 3.33. The maximum atomic E-state index is 12.8. The standard InChI is InChI=1S/C20H22N4O3/c1-23(2)17-5-3-4-15(12-17)20(25)24-9-6-14(7-10-24)18-21-22-19(27-18)16-8-11-26-13-16/h3-5,8,11-14H,6-7,9-10H2,1-2H3. The molecule has 1 amide bonds. The number of piperidine rings is 1. The molecule has 0 radical (unpaired) electrons. The number of likely N-dealkylation sites (tertiary alicyclic amines) is 1. The van der Waals surface area contributed by atoms with Gasteiger partial charge in [0.25, 0.3) is 11.8 Å². The fraction of sp³-hybridized carbons (Fsp3) is 0.350. The molecule has 1 saturated heterocycles. The smallest absolute Gasteiger partial charge is 0.253 e. The molecule has 0 saturated carbocycles. The zero-order chi connectivity index (χ0) is 18.8. The Morgan fingerprint density at radius 3 is 2.70 bits per heavy atom. The first-order valence-electron chi connectivity index (χ1n) is 9.04. The lowest BCUT2D eigenvalue weighted by Crippen LogP contribution is -2.38. The van der Waals surface area contributed by atoms with E-state index in [-0.39, 0.29) is 11.8 Å². The summed E-state index contributed by atoms with van der Waals surface area (Å²) in [7, 11) is 3.94. The summed E-state index contributed by atoms with van der Waals surface area (Å²) in [5.41, 5.74) is 2.52. The lowest BCUT2D eigenvalue weighted by Gasteiger charge is -2.30. The second kappa shape index (κ2) is 7.26. The molecule has 3 heterocycles. The molecule has 2 aromatic heterocycles. The van der Waals surface area contributed by atoms with E-state index in [2.05, 4.69) is 10.2 Å². The van der Waals surface area contributed by atoms with E-state index < -0.39 is 0 Å². The van der Waals surface area contributed by atoms with Crippen LogP contribution >= 0.6 is 0 Å². The zero-order valence-corrected chi connectivity index (χ0v) is 15.5. The van der Waals surface area contributed by atoms with Gasteiger partial charge in [0.2, 0.25) is 5.89 Å². The van der Waals surface area contributed by atoms with Gasteiger partial charge >= 0.3 is 0 Å². The van der Waals surface area contributed by atoms with Crippen LogP contribution in [0.5, 0.6) is 0 Å². The summed E-state index contributed by atoms with van der Waals surface area (Å²) in [5.74, 6) is 1.35. The van der Waals surface area contributed by atoms with Gasteiger partial charge in [-0.25, -0.2) is 0 Å². The van der Waals surface area contributed by atoms with Crippen LogP contribution in [0.1, 0.15) is 35.0 Å². The SMILES string of the molecule is CN(C)c1cccc(C(=O)N2CCC(c3nnc(-c4ccoc4)o3)CC2)c1. The first kappa shape index (κ1) is 17.3. The van der Waals surface area contributed by atoms with E-state index in [4.69, 9.17) is 8.83 Å². The molecule has 27 heavy (non-hydrogen) atoms. The molecule has 1 fully saturated rings. The normalized spacial score (nSPS) is 15.1. The Balaban J connectivity index is 1.40. The number of nitrogens with zero attached hydrogens (tertiary/aromatic N) is 4. The van der Waals surface area contributed by atoms with Crippen molar-refractivity contribution in [2.45, 2.75) is 18.8 Å². The van der Waals surface area contributed by atoms with Crippen LogP contribution in [0, 0.1) is 0 Å². The highest BCUT2D eigenvalue weighted by molar-refractivity contribution is 5.95. The highest BCUT2D eigenvalue weighted by Gasteiger charge is 2.28. The number of amides is 1. The Hall–Kier alpha value is -3.09. The molecule has 140 valence electrons. The molecule has 0 N–H and O–H groups in total. The van der Waals surface area contributed by atoms with Crippen LogP contribution in [0.3, 0.4) is 0 Å². The van der Waals surface area contributed by atoms with Crippen molar-refractivity contribution in [3.05, 3.63) is 54.3 Å². The summed E-state index contributed by atoms with van der Waals surface area (Å²) < 4.78 is 10.9. The van der Waals surface area contributed by atoms with Crippen molar-refractivity contribution in [2.24, 2.45) is 0 Å². The average molecular weight is 366 g/mol. The molecule has 0 bridgehead atoms. The van der Waals surface area contributed by atoms with Crippen LogP contribution in [-0.4, -0.2) is 48.2 Å². The minimum absolute atomic E-state index is 0.0711. The molecular weight excluding hydrogens is 344 g/mol. The van der Waals surface area contributed by atoms with E-state index in [0.29, 0.717) is 24.9 Å². The van der Waals surface area contributed by atoms with Gasteiger partial charge < -0.3 is 18.6 Å². The van der Waals surface area contributed by atoms with Crippen molar-refractivity contribution in [1.82, 2.24) is 15.1 Å². The third-order valence-electron chi connectivity index (χ3n) is 4.95. The summed E-state index contributed by atoms with van der Waals surface area (Å²) >= 11 is 0. The number of hydrogen-bond acceptors (Lipinski definition) is 6. The molecule has 0 aliphatic carbocycles. The lowest BCUT2D eigenvalue weighted by molar-refractivity contribution is 0.0706. The highest BCUT2D eigenvalue weighted by Crippen LogP contribution is 2.30. The van der Waals surface area contributed by atoms with Gasteiger partial charge in [0.15, 0.2) is 0 Å². The summed E-state index contributed by atoms with van der Waals surface area (Å²) in [6.07, 6.45) is 4.78. The largest absolute Gasteiger partial charge is 0.472 e. The molecule has 0 unspecified atom stereocenters. The van der Waals surface area contributed by atoms with Crippen molar-refractivity contribution in [1.29, 1.82) is 0 Å². The summed E-state index contributed by atoms with van der Waals surface area (Å²) in [6.45, 7) is 1.36. The lowest BCUT2D eigenvalue weighted by atomic mass is 9.96. The van der Waals surface area contributed by atoms with E-state index in [1.54, 1.807) is 18.6 Å². The Kier molecular flexibility index (Phi) is 4.66. The van der Waals surface area contributed by atoms with Crippen LogP contribution < -0.4 is 4.90 Å². The van der Waals surface area contributed by atoms with Crippen molar-refractivity contribution in [3.63, 3.8) is 0 Å². The van der Waals surface area contributed by atoms with Crippen LogP contribution in [0.4, 0.5) is 5.69 Å². The minimum Gasteiger partial charge on any atom is -0.472 e. The molecule has 7 nitrogen and oxygen atoms in total. The zero-order valence-electron chi connectivity index (χ0n) is 15.5. The van der Waals surface area contributed by atoms with E-state index in [1.807, 2.05) is 48.2 Å². The van der Waals surface area contributed by atoms with E-state index in [9.17, 15) is 4.79 Å². The number of benzene rings is 1. The van der Waals surface area contributed by atoms with Gasteiger partial charge in [-0.05, 0) is 37.1 Å². The highest BCUT2D eigenvalue weighted by atomic mass is 16.4. The third kappa shape index (κ3) is 3.58. The van der Waals surface area contributed by atoms with Gasteiger partial charge in [0.1, 0.15) is 6.26 Å². The molecule has 4 rings (SSSR count). The molecule has 3 aromatic rings. The van der Waals surface area contributed by atoms with E-state index >= 15 is 0 Å². The monoisotopic (exact) mass is 366 g/mol. The van der Waals surface area contributed by atoms with Crippen LogP contribution in [0.15, 0.2) is 51.7 Å². The van der Waals surface area contributed by atoms with E-state index in [0.717, 1.165) is 29.7 Å². The number of anilines is 1. The second-order valence-electron chi connectivity index (χ2n) is 6.97.